The maximum Gasteiger partial charge on any atom is 0.281 e. The highest BCUT2D eigenvalue weighted by Gasteiger charge is 2.19. The fraction of sp³-hybridized carbons (Fsp3) is 0.308. The van der Waals surface area contributed by atoms with Crippen LogP contribution in [0.15, 0.2) is 28.9 Å². The third-order valence-corrected chi connectivity index (χ3v) is 2.83. The SMILES string of the molecule is CN(C)Cc1cc(C(=O)N(C)c2ccc(Cl)cn2)no1. The molecule has 0 aliphatic carbocycles. The van der Waals surface area contributed by atoms with Crippen LogP contribution >= 0.6 is 11.6 Å². The average Bonchev–Trinajstić information content (AvgIpc) is 2.85. The quantitative estimate of drug-likeness (QED) is 0.864. The molecule has 0 saturated carbocycles. The lowest BCUT2D eigenvalue weighted by molar-refractivity contribution is 0.0983. The summed E-state index contributed by atoms with van der Waals surface area (Å²) < 4.78 is 5.12. The zero-order valence-corrected chi connectivity index (χ0v) is 12.3. The minimum absolute atomic E-state index is 0.251. The Kier molecular flexibility index (Phi) is 4.36. The summed E-state index contributed by atoms with van der Waals surface area (Å²) in [6, 6.07) is 4.98. The number of carbonyl (C=O) groups is 1. The van der Waals surface area contributed by atoms with Gasteiger partial charge in [0, 0.05) is 19.3 Å². The first-order valence-electron chi connectivity index (χ1n) is 5.97. The summed E-state index contributed by atoms with van der Waals surface area (Å²) in [6.07, 6.45) is 1.49. The standard InChI is InChI=1S/C13H15ClN4O2/c1-17(2)8-10-6-11(16-20-10)13(19)18(3)12-5-4-9(14)7-15-12/h4-7H,8H2,1-3H3. The molecule has 2 heterocycles. The van der Waals surface area contributed by atoms with Gasteiger partial charge in [0.1, 0.15) is 5.82 Å². The van der Waals surface area contributed by atoms with E-state index in [2.05, 4.69) is 10.1 Å². The molecule has 0 radical (unpaired) electrons. The van der Waals surface area contributed by atoms with E-state index in [9.17, 15) is 4.79 Å². The van der Waals surface area contributed by atoms with Gasteiger partial charge in [-0.2, -0.15) is 0 Å². The number of nitrogens with zero attached hydrogens (tertiary/aromatic N) is 4. The number of anilines is 1. The molecule has 0 spiro atoms. The van der Waals surface area contributed by atoms with Gasteiger partial charge >= 0.3 is 0 Å². The summed E-state index contributed by atoms with van der Waals surface area (Å²) in [6.45, 7) is 0.586. The van der Waals surface area contributed by atoms with Crippen LogP contribution < -0.4 is 4.90 Å². The van der Waals surface area contributed by atoms with Crippen molar-refractivity contribution in [2.24, 2.45) is 0 Å². The number of aromatic nitrogens is 2. The minimum Gasteiger partial charge on any atom is -0.359 e. The van der Waals surface area contributed by atoms with E-state index in [0.717, 1.165) is 0 Å². The summed E-state index contributed by atoms with van der Waals surface area (Å²) in [5.74, 6) is 0.848. The molecular formula is C13H15ClN4O2. The molecule has 0 bridgehead atoms. The molecule has 0 N–H and O–H groups in total. The Morgan fingerprint density at radius 2 is 2.10 bits per heavy atom. The summed E-state index contributed by atoms with van der Waals surface area (Å²) >= 11 is 5.77. The van der Waals surface area contributed by atoms with Gasteiger partial charge in [-0.15, -0.1) is 0 Å². The average molecular weight is 295 g/mol. The van der Waals surface area contributed by atoms with Gasteiger partial charge in [-0.3, -0.25) is 9.69 Å². The molecule has 7 heteroatoms. The number of carbonyl (C=O) groups excluding carboxylic acids is 1. The second-order valence-electron chi connectivity index (χ2n) is 4.62. The lowest BCUT2D eigenvalue weighted by atomic mass is 10.3. The van der Waals surface area contributed by atoms with E-state index in [1.807, 2.05) is 19.0 Å². The van der Waals surface area contributed by atoms with E-state index >= 15 is 0 Å². The minimum atomic E-state index is -0.284. The number of hydrogen-bond acceptors (Lipinski definition) is 5. The van der Waals surface area contributed by atoms with Gasteiger partial charge in [-0.1, -0.05) is 16.8 Å². The van der Waals surface area contributed by atoms with Gasteiger partial charge < -0.3 is 9.42 Å². The summed E-state index contributed by atoms with van der Waals surface area (Å²) in [5.41, 5.74) is 0.251. The van der Waals surface area contributed by atoms with Crippen molar-refractivity contribution in [2.75, 3.05) is 26.0 Å². The topological polar surface area (TPSA) is 62.5 Å². The van der Waals surface area contributed by atoms with Gasteiger partial charge in [0.05, 0.1) is 11.6 Å². The molecule has 0 fully saturated rings. The van der Waals surface area contributed by atoms with Crippen molar-refractivity contribution in [1.82, 2.24) is 15.0 Å². The van der Waals surface area contributed by atoms with Crippen LogP contribution in [-0.2, 0) is 6.54 Å². The van der Waals surface area contributed by atoms with Crippen LogP contribution in [-0.4, -0.2) is 42.1 Å². The zero-order chi connectivity index (χ0) is 14.7. The number of rotatable bonds is 4. The van der Waals surface area contributed by atoms with Crippen LogP contribution in [0.2, 0.25) is 5.02 Å². The van der Waals surface area contributed by atoms with Gasteiger partial charge in [0.2, 0.25) is 0 Å². The molecule has 6 nitrogen and oxygen atoms in total. The Bertz CT molecular complexity index is 595. The van der Waals surface area contributed by atoms with Crippen LogP contribution in [0.3, 0.4) is 0 Å². The summed E-state index contributed by atoms with van der Waals surface area (Å²) in [5, 5.41) is 4.30. The number of hydrogen-bond donors (Lipinski definition) is 0. The Hall–Kier alpha value is -1.92. The fourth-order valence-electron chi connectivity index (χ4n) is 1.64. The van der Waals surface area contributed by atoms with Crippen LogP contribution in [0, 0.1) is 0 Å². The molecule has 0 unspecified atom stereocenters. The molecule has 106 valence electrons. The normalized spacial score (nSPS) is 10.8. The Morgan fingerprint density at radius 1 is 1.35 bits per heavy atom. The molecule has 20 heavy (non-hydrogen) atoms. The predicted octanol–water partition coefficient (Wildman–Crippen LogP) is 2.06. The second kappa shape index (κ2) is 6.02. The largest absolute Gasteiger partial charge is 0.359 e. The highest BCUT2D eigenvalue weighted by molar-refractivity contribution is 6.30. The van der Waals surface area contributed by atoms with E-state index in [-0.39, 0.29) is 11.6 Å². The third kappa shape index (κ3) is 3.34. The van der Waals surface area contributed by atoms with Crippen LogP contribution in [0.4, 0.5) is 5.82 Å². The molecule has 0 aromatic carbocycles. The van der Waals surface area contributed by atoms with Gasteiger partial charge in [0.25, 0.3) is 5.91 Å². The molecule has 0 aliphatic heterocycles. The summed E-state index contributed by atoms with van der Waals surface area (Å²) in [7, 11) is 5.44. The molecule has 1 amide bonds. The second-order valence-corrected chi connectivity index (χ2v) is 5.05. The smallest absolute Gasteiger partial charge is 0.281 e. The van der Waals surface area contributed by atoms with Crippen molar-refractivity contribution >= 4 is 23.3 Å². The van der Waals surface area contributed by atoms with Crippen molar-refractivity contribution in [3.8, 4) is 0 Å². The molecule has 2 aromatic rings. The van der Waals surface area contributed by atoms with Crippen molar-refractivity contribution in [3.05, 3.63) is 40.9 Å². The molecule has 0 aliphatic rings. The maximum atomic E-state index is 12.2. The van der Waals surface area contributed by atoms with Crippen LogP contribution in [0.5, 0.6) is 0 Å². The lowest BCUT2D eigenvalue weighted by Gasteiger charge is -2.14. The fourth-order valence-corrected chi connectivity index (χ4v) is 1.75. The highest BCUT2D eigenvalue weighted by atomic mass is 35.5. The first kappa shape index (κ1) is 14.5. The van der Waals surface area contributed by atoms with Crippen LogP contribution in [0.1, 0.15) is 16.2 Å². The lowest BCUT2D eigenvalue weighted by Crippen LogP contribution is -2.27. The van der Waals surface area contributed by atoms with E-state index in [4.69, 9.17) is 16.1 Å². The van der Waals surface area contributed by atoms with E-state index in [0.29, 0.717) is 23.1 Å². The third-order valence-electron chi connectivity index (χ3n) is 2.61. The Morgan fingerprint density at radius 3 is 2.70 bits per heavy atom. The molecular weight excluding hydrogens is 280 g/mol. The van der Waals surface area contributed by atoms with E-state index in [1.54, 1.807) is 25.2 Å². The van der Waals surface area contributed by atoms with Crippen LogP contribution in [0.25, 0.3) is 0 Å². The zero-order valence-electron chi connectivity index (χ0n) is 11.5. The predicted molar refractivity (Wildman–Crippen MR) is 75.9 cm³/mol. The van der Waals surface area contributed by atoms with Gasteiger partial charge in [-0.25, -0.2) is 4.98 Å². The monoisotopic (exact) mass is 294 g/mol. The number of halogens is 1. The van der Waals surface area contributed by atoms with Crippen molar-refractivity contribution in [2.45, 2.75) is 6.54 Å². The number of pyridine rings is 1. The van der Waals surface area contributed by atoms with E-state index in [1.165, 1.54) is 11.1 Å². The Balaban J connectivity index is 2.14. The molecule has 2 rings (SSSR count). The highest BCUT2D eigenvalue weighted by Crippen LogP contribution is 2.16. The first-order valence-corrected chi connectivity index (χ1v) is 6.35. The summed E-state index contributed by atoms with van der Waals surface area (Å²) in [4.78, 5) is 19.7. The molecule has 2 aromatic heterocycles. The maximum absolute atomic E-state index is 12.2. The van der Waals surface area contributed by atoms with E-state index < -0.39 is 0 Å². The van der Waals surface area contributed by atoms with Gasteiger partial charge in [0.15, 0.2) is 11.5 Å². The van der Waals surface area contributed by atoms with Gasteiger partial charge in [-0.05, 0) is 26.2 Å². The molecule has 0 saturated heterocycles. The Labute approximate surface area is 121 Å². The first-order chi connectivity index (χ1) is 9.47. The number of amides is 1. The molecule has 0 atom stereocenters. The van der Waals surface area contributed by atoms with Crippen molar-refractivity contribution in [1.29, 1.82) is 0 Å². The van der Waals surface area contributed by atoms with Crippen molar-refractivity contribution in [3.63, 3.8) is 0 Å². The van der Waals surface area contributed by atoms with Crippen molar-refractivity contribution < 1.29 is 9.32 Å².